The summed E-state index contributed by atoms with van der Waals surface area (Å²) < 4.78 is 1.73. The van der Waals surface area contributed by atoms with Crippen LogP contribution in [0.1, 0.15) is 27.2 Å². The fraction of sp³-hybridized carbons (Fsp3) is 0.174. The molecule has 2 aromatic carbocycles. The van der Waals surface area contributed by atoms with Crippen LogP contribution in [0.25, 0.3) is 22.3 Å². The number of carbonyl (C=O) groups excluding carboxylic acids is 1. The SMILES string of the molecule is Cc1cc(C)cc(NC(=O)c2cc(-c3ccccc3)nc3c2c(C)nn3C)c1. The number of aryl methyl sites for hydroxylation is 4. The van der Waals surface area contributed by atoms with Crippen LogP contribution in [0.3, 0.4) is 0 Å². The minimum Gasteiger partial charge on any atom is -0.322 e. The van der Waals surface area contributed by atoms with E-state index in [1.807, 2.05) is 76.3 Å². The normalized spacial score (nSPS) is 11.0. The Morgan fingerprint density at radius 2 is 1.64 bits per heavy atom. The summed E-state index contributed by atoms with van der Waals surface area (Å²) in [5.41, 5.74) is 6.78. The van der Waals surface area contributed by atoms with Crippen LogP contribution >= 0.6 is 0 Å². The van der Waals surface area contributed by atoms with Crippen LogP contribution in [0.4, 0.5) is 5.69 Å². The lowest BCUT2D eigenvalue weighted by molar-refractivity contribution is 0.102. The van der Waals surface area contributed by atoms with E-state index in [0.29, 0.717) is 11.2 Å². The first-order valence-electron chi connectivity index (χ1n) is 9.22. The second-order valence-electron chi connectivity index (χ2n) is 7.16. The molecule has 0 spiro atoms. The molecule has 140 valence electrons. The van der Waals surface area contributed by atoms with Crippen LogP contribution in [0.2, 0.25) is 0 Å². The molecule has 0 radical (unpaired) electrons. The molecule has 2 aromatic heterocycles. The number of rotatable bonds is 3. The molecule has 0 atom stereocenters. The van der Waals surface area contributed by atoms with Gasteiger partial charge >= 0.3 is 0 Å². The molecule has 0 saturated heterocycles. The fourth-order valence-electron chi connectivity index (χ4n) is 3.63. The highest BCUT2D eigenvalue weighted by Crippen LogP contribution is 2.27. The molecular formula is C23H22N4O. The Bertz CT molecular complexity index is 1170. The summed E-state index contributed by atoms with van der Waals surface area (Å²) in [6.45, 7) is 5.94. The van der Waals surface area contributed by atoms with Crippen molar-refractivity contribution in [2.45, 2.75) is 20.8 Å². The third-order valence-corrected chi connectivity index (χ3v) is 4.76. The minimum atomic E-state index is -0.161. The Morgan fingerprint density at radius 3 is 2.32 bits per heavy atom. The quantitative estimate of drug-likeness (QED) is 0.563. The molecule has 28 heavy (non-hydrogen) atoms. The van der Waals surface area contributed by atoms with Gasteiger partial charge in [0.05, 0.1) is 22.3 Å². The zero-order chi connectivity index (χ0) is 19.8. The van der Waals surface area contributed by atoms with Crippen molar-refractivity contribution in [2.75, 3.05) is 5.32 Å². The van der Waals surface area contributed by atoms with Gasteiger partial charge in [-0.1, -0.05) is 36.4 Å². The number of carbonyl (C=O) groups is 1. The van der Waals surface area contributed by atoms with Gasteiger partial charge < -0.3 is 5.32 Å². The fourth-order valence-corrected chi connectivity index (χ4v) is 3.63. The van der Waals surface area contributed by atoms with Crippen molar-refractivity contribution >= 4 is 22.6 Å². The predicted octanol–water partition coefficient (Wildman–Crippen LogP) is 4.81. The summed E-state index contributed by atoms with van der Waals surface area (Å²) in [4.78, 5) is 18.0. The van der Waals surface area contributed by atoms with Crippen LogP contribution in [0.5, 0.6) is 0 Å². The van der Waals surface area contributed by atoms with E-state index >= 15 is 0 Å². The lowest BCUT2D eigenvalue weighted by Crippen LogP contribution is -2.13. The van der Waals surface area contributed by atoms with Crippen molar-refractivity contribution < 1.29 is 4.79 Å². The van der Waals surface area contributed by atoms with Crippen LogP contribution < -0.4 is 5.32 Å². The van der Waals surface area contributed by atoms with Gasteiger partial charge in [-0.2, -0.15) is 5.10 Å². The number of pyridine rings is 1. The van der Waals surface area contributed by atoms with E-state index in [4.69, 9.17) is 4.98 Å². The summed E-state index contributed by atoms with van der Waals surface area (Å²) in [6, 6.07) is 17.7. The number of anilines is 1. The van der Waals surface area contributed by atoms with Gasteiger partial charge in [-0.15, -0.1) is 0 Å². The first-order valence-corrected chi connectivity index (χ1v) is 9.22. The third kappa shape index (κ3) is 3.27. The zero-order valence-electron chi connectivity index (χ0n) is 16.4. The lowest BCUT2D eigenvalue weighted by Gasteiger charge is -2.11. The maximum Gasteiger partial charge on any atom is 0.256 e. The van der Waals surface area contributed by atoms with Crippen LogP contribution in [-0.2, 0) is 7.05 Å². The largest absolute Gasteiger partial charge is 0.322 e. The smallest absolute Gasteiger partial charge is 0.256 e. The lowest BCUT2D eigenvalue weighted by atomic mass is 10.0. The number of fused-ring (bicyclic) bond motifs is 1. The van der Waals surface area contributed by atoms with E-state index in [9.17, 15) is 4.79 Å². The maximum atomic E-state index is 13.2. The number of amides is 1. The second-order valence-corrected chi connectivity index (χ2v) is 7.16. The standard InChI is InChI=1S/C23H22N4O/c1-14-10-15(2)12-18(11-14)24-23(28)19-13-20(17-8-6-5-7-9-17)25-22-21(19)16(3)26-27(22)4/h5-13H,1-4H3,(H,24,28). The molecule has 1 N–H and O–H groups in total. The monoisotopic (exact) mass is 370 g/mol. The van der Waals surface area contributed by atoms with Gasteiger partial charge in [0.1, 0.15) is 0 Å². The molecule has 4 aromatic rings. The van der Waals surface area contributed by atoms with Gasteiger partial charge in [-0.05, 0) is 50.1 Å². The summed E-state index contributed by atoms with van der Waals surface area (Å²) in [6.07, 6.45) is 0. The van der Waals surface area contributed by atoms with Gasteiger partial charge in [0, 0.05) is 18.3 Å². The molecule has 0 bridgehead atoms. The van der Waals surface area contributed by atoms with E-state index < -0.39 is 0 Å². The molecule has 0 aliphatic carbocycles. The molecule has 5 heteroatoms. The third-order valence-electron chi connectivity index (χ3n) is 4.76. The first-order chi connectivity index (χ1) is 13.4. The molecule has 0 aliphatic rings. The highest BCUT2D eigenvalue weighted by molar-refractivity contribution is 6.13. The Balaban J connectivity index is 1.85. The average molecular weight is 370 g/mol. The second kappa shape index (κ2) is 6.93. The number of hydrogen-bond acceptors (Lipinski definition) is 3. The Kier molecular flexibility index (Phi) is 4.43. The molecule has 0 unspecified atom stereocenters. The zero-order valence-corrected chi connectivity index (χ0v) is 16.4. The molecule has 0 aliphatic heterocycles. The van der Waals surface area contributed by atoms with Crippen molar-refractivity contribution in [3.8, 4) is 11.3 Å². The summed E-state index contributed by atoms with van der Waals surface area (Å²) in [7, 11) is 1.85. The van der Waals surface area contributed by atoms with Gasteiger partial charge in [-0.3, -0.25) is 9.48 Å². The molecule has 0 saturated carbocycles. The molecule has 2 heterocycles. The first kappa shape index (κ1) is 17.9. The van der Waals surface area contributed by atoms with Crippen LogP contribution in [0, 0.1) is 20.8 Å². The molecule has 0 fully saturated rings. The van der Waals surface area contributed by atoms with E-state index in [1.54, 1.807) is 4.68 Å². The number of hydrogen-bond donors (Lipinski definition) is 1. The number of benzene rings is 2. The van der Waals surface area contributed by atoms with Gasteiger partial charge in [0.2, 0.25) is 0 Å². The van der Waals surface area contributed by atoms with Gasteiger partial charge in [-0.25, -0.2) is 4.98 Å². The van der Waals surface area contributed by atoms with Crippen molar-refractivity contribution in [2.24, 2.45) is 7.05 Å². The minimum absolute atomic E-state index is 0.161. The molecule has 4 rings (SSSR count). The highest BCUT2D eigenvalue weighted by Gasteiger charge is 2.19. The Morgan fingerprint density at radius 1 is 0.964 bits per heavy atom. The Hall–Kier alpha value is -3.47. The molecule has 1 amide bonds. The van der Waals surface area contributed by atoms with Crippen LogP contribution in [-0.4, -0.2) is 20.7 Å². The molecular weight excluding hydrogens is 348 g/mol. The van der Waals surface area contributed by atoms with E-state index in [2.05, 4.69) is 16.5 Å². The predicted molar refractivity (Wildman–Crippen MR) is 113 cm³/mol. The van der Waals surface area contributed by atoms with Crippen molar-refractivity contribution in [3.05, 3.63) is 77.0 Å². The van der Waals surface area contributed by atoms with Crippen molar-refractivity contribution in [1.29, 1.82) is 0 Å². The highest BCUT2D eigenvalue weighted by atomic mass is 16.1. The number of aromatic nitrogens is 3. The summed E-state index contributed by atoms with van der Waals surface area (Å²) >= 11 is 0. The Labute approximate surface area is 164 Å². The van der Waals surface area contributed by atoms with E-state index in [-0.39, 0.29) is 5.91 Å². The maximum absolute atomic E-state index is 13.2. The van der Waals surface area contributed by atoms with Crippen molar-refractivity contribution in [1.82, 2.24) is 14.8 Å². The topological polar surface area (TPSA) is 59.8 Å². The van der Waals surface area contributed by atoms with E-state index in [0.717, 1.165) is 39.2 Å². The van der Waals surface area contributed by atoms with Crippen molar-refractivity contribution in [3.63, 3.8) is 0 Å². The summed E-state index contributed by atoms with van der Waals surface area (Å²) in [5, 5.41) is 8.30. The summed E-state index contributed by atoms with van der Waals surface area (Å²) in [5.74, 6) is -0.161. The van der Waals surface area contributed by atoms with Gasteiger partial charge in [0.15, 0.2) is 5.65 Å². The number of nitrogens with one attached hydrogen (secondary N) is 1. The van der Waals surface area contributed by atoms with Gasteiger partial charge in [0.25, 0.3) is 5.91 Å². The average Bonchev–Trinajstić information content (AvgIpc) is 2.95. The molecule has 5 nitrogen and oxygen atoms in total. The van der Waals surface area contributed by atoms with E-state index in [1.165, 1.54) is 0 Å². The van der Waals surface area contributed by atoms with Crippen LogP contribution in [0.15, 0.2) is 54.6 Å². The number of nitrogens with zero attached hydrogens (tertiary/aromatic N) is 3.